The summed E-state index contributed by atoms with van der Waals surface area (Å²) in [4.78, 5) is 4.50. The summed E-state index contributed by atoms with van der Waals surface area (Å²) in [5.41, 5.74) is 9.34. The van der Waals surface area contributed by atoms with Crippen LogP contribution in [0.5, 0.6) is 0 Å². The molecule has 0 aliphatic carbocycles. The molecule has 0 spiro atoms. The lowest BCUT2D eigenvalue weighted by Crippen LogP contribution is -1.96. The van der Waals surface area contributed by atoms with Gasteiger partial charge in [0.2, 0.25) is 0 Å². The van der Waals surface area contributed by atoms with Gasteiger partial charge in [-0.05, 0) is 35.7 Å². The molecule has 0 amide bonds. The molecule has 1 aromatic heterocycles. The fourth-order valence-electron chi connectivity index (χ4n) is 2.39. The number of aryl methyl sites for hydroxylation is 1. The van der Waals surface area contributed by atoms with Gasteiger partial charge < -0.3 is 10.3 Å². The summed E-state index contributed by atoms with van der Waals surface area (Å²) < 4.78 is 2.11. The average molecular weight is 341 g/mol. The smallest absolute Gasteiger partial charge is 0.0952 e. The Bertz CT molecular complexity index is 778. The Morgan fingerprint density at radius 2 is 1.83 bits per heavy atom. The van der Waals surface area contributed by atoms with Crippen LogP contribution < -0.4 is 5.73 Å². The molecule has 5 heteroatoms. The second-order valence-corrected chi connectivity index (χ2v) is 5.87. The number of hydrogen-bond donors (Lipinski definition) is 2. The summed E-state index contributed by atoms with van der Waals surface area (Å²) in [5.74, 6) is 0. The molecule has 3 aromatic rings. The Hall–Kier alpha value is -2.59. The van der Waals surface area contributed by atoms with Gasteiger partial charge in [-0.3, -0.25) is 5.41 Å². The minimum atomic E-state index is 0.750. The Labute approximate surface area is 147 Å². The summed E-state index contributed by atoms with van der Waals surface area (Å²) in [7, 11) is 0. The number of aromatic nitrogens is 2. The van der Waals surface area contributed by atoms with Crippen molar-refractivity contribution in [2.45, 2.75) is 19.9 Å². The van der Waals surface area contributed by atoms with E-state index in [0.717, 1.165) is 30.0 Å². The van der Waals surface area contributed by atoms with Crippen molar-refractivity contribution in [1.29, 1.82) is 5.41 Å². The molecule has 3 N–H and O–H groups in total. The van der Waals surface area contributed by atoms with Crippen LogP contribution in [0.25, 0.3) is 0 Å². The van der Waals surface area contributed by atoms with Crippen molar-refractivity contribution in [3.63, 3.8) is 0 Å². The molecule has 124 valence electrons. The second kappa shape index (κ2) is 8.89. The van der Waals surface area contributed by atoms with Crippen LogP contribution in [0.1, 0.15) is 22.4 Å². The zero-order valence-corrected chi connectivity index (χ0v) is 14.4. The maximum absolute atomic E-state index is 5.90. The van der Waals surface area contributed by atoms with Crippen molar-refractivity contribution < 1.29 is 0 Å². The largest absolute Gasteiger partial charge is 0.390 e. The van der Waals surface area contributed by atoms with Crippen LogP contribution in [0.4, 0.5) is 0 Å². The summed E-state index contributed by atoms with van der Waals surface area (Å²) in [6.45, 7) is 2.96. The van der Waals surface area contributed by atoms with Gasteiger partial charge in [-0.15, -0.1) is 0 Å². The Balaban J connectivity index is 0.000000647. The minimum absolute atomic E-state index is 0.750. The number of imidazole rings is 1. The third-order valence-corrected chi connectivity index (χ3v) is 3.85. The molecule has 0 bridgehead atoms. The van der Waals surface area contributed by atoms with Crippen LogP contribution >= 0.6 is 11.6 Å². The molecule has 0 unspecified atom stereocenters. The van der Waals surface area contributed by atoms with Gasteiger partial charge in [-0.2, -0.15) is 0 Å². The van der Waals surface area contributed by atoms with Gasteiger partial charge in [-0.1, -0.05) is 48.0 Å². The summed E-state index contributed by atoms with van der Waals surface area (Å²) in [5, 5.41) is 6.63. The molecule has 4 nitrogen and oxygen atoms in total. The number of halogens is 1. The first kappa shape index (κ1) is 17.8. The molecular formula is C19H21ClN4. The molecule has 24 heavy (non-hydrogen) atoms. The molecule has 0 atom stereocenters. The van der Waals surface area contributed by atoms with Crippen molar-refractivity contribution in [2.24, 2.45) is 5.73 Å². The first-order valence-electron chi connectivity index (χ1n) is 7.62. The Kier molecular flexibility index (Phi) is 6.58. The van der Waals surface area contributed by atoms with Gasteiger partial charge in [0.1, 0.15) is 0 Å². The van der Waals surface area contributed by atoms with E-state index in [2.05, 4.69) is 52.7 Å². The summed E-state index contributed by atoms with van der Waals surface area (Å²) >= 11 is 5.90. The van der Waals surface area contributed by atoms with Crippen molar-refractivity contribution in [1.82, 2.24) is 9.55 Å². The van der Waals surface area contributed by atoms with Gasteiger partial charge in [0.25, 0.3) is 0 Å². The highest BCUT2D eigenvalue weighted by Gasteiger charge is 2.03. The van der Waals surface area contributed by atoms with Gasteiger partial charge >= 0.3 is 0 Å². The molecular weight excluding hydrogens is 320 g/mol. The van der Waals surface area contributed by atoms with E-state index in [-0.39, 0.29) is 0 Å². The van der Waals surface area contributed by atoms with Crippen molar-refractivity contribution in [3.05, 3.63) is 88.5 Å². The Morgan fingerprint density at radius 1 is 1.17 bits per heavy atom. The van der Waals surface area contributed by atoms with E-state index in [1.54, 1.807) is 0 Å². The second-order valence-electron chi connectivity index (χ2n) is 5.43. The van der Waals surface area contributed by atoms with Crippen LogP contribution in [0.15, 0.2) is 61.1 Å². The summed E-state index contributed by atoms with van der Waals surface area (Å²) in [6, 6.07) is 16.4. The van der Waals surface area contributed by atoms with Crippen molar-refractivity contribution >= 4 is 17.9 Å². The fraction of sp³-hybridized carbons (Fsp3) is 0.158. The van der Waals surface area contributed by atoms with E-state index in [1.807, 2.05) is 30.6 Å². The van der Waals surface area contributed by atoms with Gasteiger partial charge in [-0.25, -0.2) is 4.98 Å². The van der Waals surface area contributed by atoms with Crippen LogP contribution in [0.3, 0.4) is 0 Å². The predicted molar refractivity (Wildman–Crippen MR) is 99.7 cm³/mol. The topological polar surface area (TPSA) is 67.7 Å². The number of nitrogens with two attached hydrogens (primary N) is 1. The monoisotopic (exact) mass is 340 g/mol. The quantitative estimate of drug-likeness (QED) is 0.556. The molecule has 0 fully saturated rings. The zero-order valence-electron chi connectivity index (χ0n) is 13.6. The molecule has 0 radical (unpaired) electrons. The molecule has 0 aliphatic rings. The molecule has 2 aromatic carbocycles. The van der Waals surface area contributed by atoms with E-state index in [0.29, 0.717) is 0 Å². The van der Waals surface area contributed by atoms with E-state index in [9.17, 15) is 0 Å². The van der Waals surface area contributed by atoms with Gasteiger partial charge in [0.15, 0.2) is 0 Å². The average Bonchev–Trinajstić information content (AvgIpc) is 3.00. The van der Waals surface area contributed by atoms with Crippen LogP contribution in [0.2, 0.25) is 5.02 Å². The lowest BCUT2D eigenvalue weighted by molar-refractivity contribution is 0.796. The van der Waals surface area contributed by atoms with Crippen LogP contribution in [-0.4, -0.2) is 15.9 Å². The number of benzene rings is 2. The molecule has 3 rings (SSSR count). The lowest BCUT2D eigenvalue weighted by Gasteiger charge is -2.03. The minimum Gasteiger partial charge on any atom is -0.390 e. The molecule has 0 saturated heterocycles. The number of hydrogen-bond acceptors (Lipinski definition) is 2. The normalized spacial score (nSPS) is 9.92. The maximum Gasteiger partial charge on any atom is 0.0952 e. The fourth-order valence-corrected chi connectivity index (χ4v) is 2.51. The highest BCUT2D eigenvalue weighted by Crippen LogP contribution is 2.14. The van der Waals surface area contributed by atoms with E-state index in [1.165, 1.54) is 16.7 Å². The lowest BCUT2D eigenvalue weighted by atomic mass is 10.0. The SMILES string of the molecule is Cc1ccccc1Cc1cn(Cc2ccc(Cl)cc2)cn1.N=CN. The maximum atomic E-state index is 5.90. The highest BCUT2D eigenvalue weighted by molar-refractivity contribution is 6.30. The summed E-state index contributed by atoms with van der Waals surface area (Å²) in [6.07, 6.45) is 5.63. The first-order valence-corrected chi connectivity index (χ1v) is 8.00. The van der Waals surface area contributed by atoms with E-state index >= 15 is 0 Å². The van der Waals surface area contributed by atoms with Crippen molar-refractivity contribution in [2.75, 3.05) is 0 Å². The van der Waals surface area contributed by atoms with Crippen LogP contribution in [-0.2, 0) is 13.0 Å². The van der Waals surface area contributed by atoms with Crippen LogP contribution in [0, 0.1) is 12.3 Å². The number of nitrogens with one attached hydrogen (secondary N) is 1. The third kappa shape index (κ3) is 5.25. The van der Waals surface area contributed by atoms with Crippen molar-refractivity contribution in [3.8, 4) is 0 Å². The number of rotatable bonds is 4. The van der Waals surface area contributed by atoms with E-state index < -0.39 is 0 Å². The van der Waals surface area contributed by atoms with E-state index in [4.69, 9.17) is 17.0 Å². The Morgan fingerprint density at radius 3 is 2.50 bits per heavy atom. The predicted octanol–water partition coefficient (Wildman–Crippen LogP) is 4.04. The number of nitrogens with zero attached hydrogens (tertiary/aromatic N) is 2. The van der Waals surface area contributed by atoms with Gasteiger partial charge in [0.05, 0.1) is 18.4 Å². The van der Waals surface area contributed by atoms with Gasteiger partial charge in [0, 0.05) is 24.2 Å². The first-order chi connectivity index (χ1) is 11.6. The third-order valence-electron chi connectivity index (χ3n) is 3.60. The standard InChI is InChI=1S/C18H17ClN2.CH4N2/c1-14-4-2-3-5-16(14)10-18-12-21(13-20-18)11-15-6-8-17(19)9-7-15;2-1-3/h2-9,12-13H,10-11H2,1H3;1H,(H3,2,3). The zero-order chi connectivity index (χ0) is 17.4. The molecule has 0 aliphatic heterocycles. The highest BCUT2D eigenvalue weighted by atomic mass is 35.5. The molecule has 0 saturated carbocycles. The molecule has 1 heterocycles.